The van der Waals surface area contributed by atoms with Crippen molar-refractivity contribution in [2.75, 3.05) is 11.7 Å². The number of alkyl halides is 3. The zero-order valence-corrected chi connectivity index (χ0v) is 19.7. The molecule has 0 bridgehead atoms. The summed E-state index contributed by atoms with van der Waals surface area (Å²) in [5.74, 6) is -1.24. The number of amides is 1. The lowest BCUT2D eigenvalue weighted by molar-refractivity contribution is -0.173. The molecule has 3 heterocycles. The van der Waals surface area contributed by atoms with Crippen molar-refractivity contribution in [3.05, 3.63) is 92.9 Å². The van der Waals surface area contributed by atoms with Gasteiger partial charge < -0.3 is 10.0 Å². The van der Waals surface area contributed by atoms with Crippen molar-refractivity contribution in [3.63, 3.8) is 0 Å². The molecular formula is C25H22F3N3O3S. The van der Waals surface area contributed by atoms with E-state index in [4.69, 9.17) is 0 Å². The van der Waals surface area contributed by atoms with Crippen molar-refractivity contribution >= 4 is 17.7 Å². The fourth-order valence-corrected chi connectivity index (χ4v) is 5.73. The zero-order valence-electron chi connectivity index (χ0n) is 18.9. The molecular weight excluding hydrogens is 479 g/mol. The predicted octanol–water partition coefficient (Wildman–Crippen LogP) is 4.56. The van der Waals surface area contributed by atoms with Crippen molar-refractivity contribution < 1.29 is 23.1 Å². The van der Waals surface area contributed by atoms with E-state index in [0.717, 1.165) is 28.5 Å². The minimum Gasteiger partial charge on any atom is -0.502 e. The number of halogens is 3. The number of thioether (sulfide) groups is 1. The van der Waals surface area contributed by atoms with Crippen LogP contribution in [0.3, 0.4) is 0 Å². The lowest BCUT2D eigenvalue weighted by atomic mass is 9.94. The standard InChI is InChI=1S/C25H22F3N3O3S/c1-14-11-30-21(23(33)22(14)32)24(34)29(15(2)25(26,27)28)13-31(30)20-17-8-4-3-7-16(17)12-35-19-10-6-5-9-18(19)20/h3-11,15,20,33H,12-13H2,1-2H3/t15?,20-/m0/s1. The van der Waals surface area contributed by atoms with E-state index in [2.05, 4.69) is 0 Å². The van der Waals surface area contributed by atoms with Crippen molar-refractivity contribution in [3.8, 4) is 5.75 Å². The summed E-state index contributed by atoms with van der Waals surface area (Å²) in [5.41, 5.74) is 1.65. The summed E-state index contributed by atoms with van der Waals surface area (Å²) in [5, 5.41) is 12.3. The Labute approximate surface area is 203 Å². The first-order valence-corrected chi connectivity index (χ1v) is 12.0. The Morgan fingerprint density at radius 3 is 2.43 bits per heavy atom. The van der Waals surface area contributed by atoms with Gasteiger partial charge in [0.25, 0.3) is 5.91 Å². The molecule has 2 aromatic carbocycles. The van der Waals surface area contributed by atoms with Crippen LogP contribution >= 0.6 is 11.8 Å². The van der Waals surface area contributed by atoms with Crippen molar-refractivity contribution in [2.24, 2.45) is 0 Å². The van der Waals surface area contributed by atoms with E-state index < -0.39 is 47.7 Å². The lowest BCUT2D eigenvalue weighted by Crippen LogP contribution is -2.60. The van der Waals surface area contributed by atoms with E-state index in [1.807, 2.05) is 48.5 Å². The number of nitrogens with zero attached hydrogens (tertiary/aromatic N) is 3. The number of fused-ring (bicyclic) bond motifs is 3. The van der Waals surface area contributed by atoms with E-state index >= 15 is 0 Å². The van der Waals surface area contributed by atoms with Crippen molar-refractivity contribution in [2.45, 2.75) is 42.8 Å². The third kappa shape index (κ3) is 3.76. The highest BCUT2D eigenvalue weighted by molar-refractivity contribution is 7.98. The van der Waals surface area contributed by atoms with Crippen molar-refractivity contribution in [1.29, 1.82) is 0 Å². The largest absolute Gasteiger partial charge is 0.502 e. The molecule has 0 spiro atoms. The van der Waals surface area contributed by atoms with Gasteiger partial charge in [-0.05, 0) is 36.6 Å². The SMILES string of the molecule is Cc1cn2c(c(O)c1=O)C(=O)N(C(C)C(F)(F)F)CN2[C@H]1c2ccccc2CSc2ccccc21. The molecule has 0 aliphatic carbocycles. The molecule has 6 nitrogen and oxygen atoms in total. The Bertz CT molecular complexity index is 1340. The number of hydrogen-bond donors (Lipinski definition) is 1. The van der Waals surface area contributed by atoms with Crippen LogP contribution in [-0.4, -0.2) is 39.5 Å². The average Bonchev–Trinajstić information content (AvgIpc) is 2.99. The molecule has 0 radical (unpaired) electrons. The topological polar surface area (TPSA) is 65.8 Å². The molecule has 5 rings (SSSR count). The molecule has 35 heavy (non-hydrogen) atoms. The molecule has 2 aliphatic heterocycles. The van der Waals surface area contributed by atoms with Gasteiger partial charge in [0, 0.05) is 22.4 Å². The second-order valence-corrected chi connectivity index (χ2v) is 9.70. The Balaban J connectivity index is 1.80. The summed E-state index contributed by atoms with van der Waals surface area (Å²) in [6.45, 7) is 2.00. The summed E-state index contributed by atoms with van der Waals surface area (Å²) < 4.78 is 42.7. The molecule has 3 aromatic rings. The highest BCUT2D eigenvalue weighted by atomic mass is 32.2. The molecule has 182 valence electrons. The molecule has 0 fully saturated rings. The van der Waals surface area contributed by atoms with Crippen LogP contribution in [0.4, 0.5) is 13.2 Å². The minimum atomic E-state index is -4.70. The Kier molecular flexibility index (Phi) is 5.58. The number of benzene rings is 2. The lowest BCUT2D eigenvalue weighted by Gasteiger charge is -2.46. The molecule has 2 atom stereocenters. The second-order valence-electron chi connectivity index (χ2n) is 8.68. The fourth-order valence-electron chi connectivity index (χ4n) is 4.63. The van der Waals surface area contributed by atoms with Crippen LogP contribution in [0.1, 0.15) is 45.7 Å². The zero-order chi connectivity index (χ0) is 25.1. The third-order valence-electron chi connectivity index (χ3n) is 6.57. The van der Waals surface area contributed by atoms with Crippen LogP contribution in [0.5, 0.6) is 5.75 Å². The van der Waals surface area contributed by atoms with Crippen LogP contribution in [0.2, 0.25) is 0 Å². The van der Waals surface area contributed by atoms with Gasteiger partial charge in [-0.1, -0.05) is 42.5 Å². The first-order chi connectivity index (χ1) is 16.6. The normalized spacial score (nSPS) is 18.4. The first kappa shape index (κ1) is 23.3. The highest BCUT2D eigenvalue weighted by Crippen LogP contribution is 2.43. The summed E-state index contributed by atoms with van der Waals surface area (Å²) in [6, 6.07) is 12.6. The fraction of sp³-hybridized carbons (Fsp3) is 0.280. The monoisotopic (exact) mass is 501 g/mol. The number of carbonyl (C=O) groups excluding carboxylic acids is 1. The van der Waals surface area contributed by atoms with Crippen molar-refractivity contribution in [1.82, 2.24) is 9.58 Å². The number of aromatic nitrogens is 1. The Morgan fingerprint density at radius 2 is 1.71 bits per heavy atom. The minimum absolute atomic E-state index is 0.172. The number of hydrogen-bond acceptors (Lipinski definition) is 5. The molecule has 1 N–H and O–H groups in total. The van der Waals surface area contributed by atoms with Crippen LogP contribution < -0.4 is 10.4 Å². The number of carbonyl (C=O) groups is 1. The van der Waals surface area contributed by atoms with Crippen LogP contribution in [0.25, 0.3) is 0 Å². The average molecular weight is 502 g/mol. The molecule has 0 saturated heterocycles. The van der Waals surface area contributed by atoms with Gasteiger partial charge in [0.1, 0.15) is 12.7 Å². The highest BCUT2D eigenvalue weighted by Gasteiger charge is 2.47. The number of rotatable bonds is 2. The van der Waals surface area contributed by atoms with Gasteiger partial charge in [-0.3, -0.25) is 19.3 Å². The Hall–Kier alpha value is -3.40. The maximum Gasteiger partial charge on any atom is 0.408 e. The van der Waals surface area contributed by atoms with Gasteiger partial charge in [-0.15, -0.1) is 11.8 Å². The van der Waals surface area contributed by atoms with Gasteiger partial charge >= 0.3 is 6.18 Å². The van der Waals surface area contributed by atoms with E-state index in [-0.39, 0.29) is 5.56 Å². The molecule has 2 aliphatic rings. The van der Waals surface area contributed by atoms with E-state index in [1.165, 1.54) is 17.8 Å². The quantitative estimate of drug-likeness (QED) is 0.558. The molecule has 1 amide bonds. The van der Waals surface area contributed by atoms with Gasteiger partial charge in [0.15, 0.2) is 11.4 Å². The van der Waals surface area contributed by atoms with Gasteiger partial charge in [0.05, 0.1) is 6.04 Å². The number of pyridine rings is 1. The van der Waals surface area contributed by atoms with Crippen LogP contribution in [0, 0.1) is 6.92 Å². The van der Waals surface area contributed by atoms with Gasteiger partial charge in [-0.2, -0.15) is 13.2 Å². The third-order valence-corrected chi connectivity index (χ3v) is 7.70. The summed E-state index contributed by atoms with van der Waals surface area (Å²) in [6.07, 6.45) is -3.28. The summed E-state index contributed by atoms with van der Waals surface area (Å²) >= 11 is 1.63. The first-order valence-electron chi connectivity index (χ1n) is 11.0. The number of aryl methyl sites for hydroxylation is 1. The smallest absolute Gasteiger partial charge is 0.408 e. The van der Waals surface area contributed by atoms with E-state index in [0.29, 0.717) is 10.7 Å². The van der Waals surface area contributed by atoms with Crippen LogP contribution in [-0.2, 0) is 5.75 Å². The van der Waals surface area contributed by atoms with Gasteiger partial charge in [0.2, 0.25) is 5.43 Å². The van der Waals surface area contributed by atoms with Crippen LogP contribution in [0.15, 0.2) is 64.4 Å². The maximum absolute atomic E-state index is 13.8. The molecule has 0 saturated carbocycles. The van der Waals surface area contributed by atoms with E-state index in [1.54, 1.807) is 16.8 Å². The molecule has 10 heteroatoms. The predicted molar refractivity (Wildman–Crippen MR) is 126 cm³/mol. The maximum atomic E-state index is 13.8. The number of aromatic hydroxyl groups is 1. The summed E-state index contributed by atoms with van der Waals surface area (Å²) in [7, 11) is 0. The molecule has 1 unspecified atom stereocenters. The van der Waals surface area contributed by atoms with E-state index in [9.17, 15) is 27.9 Å². The summed E-state index contributed by atoms with van der Waals surface area (Å²) in [4.78, 5) is 27.4. The molecule has 1 aromatic heterocycles. The second kappa shape index (κ2) is 8.37. The van der Waals surface area contributed by atoms with Gasteiger partial charge in [-0.25, -0.2) is 0 Å². The Morgan fingerprint density at radius 1 is 1.06 bits per heavy atom.